The fourth-order valence-electron chi connectivity index (χ4n) is 1.47. The van der Waals surface area contributed by atoms with E-state index in [2.05, 4.69) is 20.9 Å². The third-order valence-corrected chi connectivity index (χ3v) is 3.99. The summed E-state index contributed by atoms with van der Waals surface area (Å²) in [7, 11) is 0. The molecule has 2 rings (SSSR count). The molecule has 5 heteroatoms. The van der Waals surface area contributed by atoms with Crippen molar-refractivity contribution in [2.45, 2.75) is 12.8 Å². The van der Waals surface area contributed by atoms with E-state index >= 15 is 0 Å². The van der Waals surface area contributed by atoms with E-state index in [1.54, 1.807) is 24.5 Å². The molecule has 0 aliphatic heterocycles. The van der Waals surface area contributed by atoms with Gasteiger partial charge in [0, 0.05) is 21.6 Å². The molecule has 0 aliphatic rings. The van der Waals surface area contributed by atoms with Crippen LogP contribution in [0.15, 0.2) is 34.2 Å². The summed E-state index contributed by atoms with van der Waals surface area (Å²) in [5.74, 6) is -1.32. The zero-order valence-electron chi connectivity index (χ0n) is 9.05. The van der Waals surface area contributed by atoms with Gasteiger partial charge in [-0.2, -0.15) is 0 Å². The Kier molecular flexibility index (Phi) is 3.59. The molecular weight excluding hydrogens is 302 g/mol. The molecular formula is C12H10BrNO2S. The molecule has 1 N–H and O–H groups in total. The van der Waals surface area contributed by atoms with E-state index in [1.807, 2.05) is 23.6 Å². The molecule has 0 aliphatic carbocycles. The van der Waals surface area contributed by atoms with E-state index in [-0.39, 0.29) is 0 Å². The molecule has 0 bridgehead atoms. The minimum atomic E-state index is -0.820. The van der Waals surface area contributed by atoms with Crippen molar-refractivity contribution < 1.29 is 9.90 Å². The average Bonchev–Trinajstić information content (AvgIpc) is 2.81. The second kappa shape index (κ2) is 4.98. The largest absolute Gasteiger partial charge is 0.481 e. The number of rotatable bonds is 3. The third kappa shape index (κ3) is 2.56. The van der Waals surface area contributed by atoms with Crippen molar-refractivity contribution in [2.75, 3.05) is 0 Å². The standard InChI is InChI=1S/C12H10BrNO2S/c1-7(12(15)16)8-2-3-9(10(13)6-8)11-14-4-5-17-11/h2-7H,1H3,(H,15,16). The molecule has 0 amide bonds. The summed E-state index contributed by atoms with van der Waals surface area (Å²) in [5, 5.41) is 11.8. The molecule has 0 radical (unpaired) electrons. The summed E-state index contributed by atoms with van der Waals surface area (Å²) in [5.41, 5.74) is 1.77. The molecule has 0 spiro atoms. The van der Waals surface area contributed by atoms with E-state index < -0.39 is 11.9 Å². The Morgan fingerprint density at radius 3 is 2.82 bits per heavy atom. The van der Waals surface area contributed by atoms with Gasteiger partial charge in [0.05, 0.1) is 5.92 Å². The lowest BCUT2D eigenvalue weighted by atomic mass is 10.0. The quantitative estimate of drug-likeness (QED) is 0.939. The molecule has 0 saturated carbocycles. The first kappa shape index (κ1) is 12.3. The Labute approximate surface area is 111 Å². The van der Waals surface area contributed by atoms with Gasteiger partial charge in [0.25, 0.3) is 0 Å². The molecule has 0 saturated heterocycles. The molecule has 2 aromatic rings. The number of nitrogens with zero attached hydrogens (tertiary/aromatic N) is 1. The van der Waals surface area contributed by atoms with Crippen LogP contribution < -0.4 is 0 Å². The molecule has 1 unspecified atom stereocenters. The second-order valence-corrected chi connectivity index (χ2v) is 5.39. The second-order valence-electron chi connectivity index (χ2n) is 3.64. The molecule has 1 aromatic heterocycles. The first-order chi connectivity index (χ1) is 8.09. The number of aliphatic carboxylic acids is 1. The first-order valence-corrected chi connectivity index (χ1v) is 6.69. The monoisotopic (exact) mass is 311 g/mol. The Morgan fingerprint density at radius 2 is 2.29 bits per heavy atom. The van der Waals surface area contributed by atoms with Gasteiger partial charge < -0.3 is 5.11 Å². The summed E-state index contributed by atoms with van der Waals surface area (Å²) in [6.07, 6.45) is 1.75. The lowest BCUT2D eigenvalue weighted by Gasteiger charge is -2.09. The fourth-order valence-corrected chi connectivity index (χ4v) is 2.87. The first-order valence-electron chi connectivity index (χ1n) is 5.01. The van der Waals surface area contributed by atoms with E-state index in [0.717, 1.165) is 20.6 Å². The van der Waals surface area contributed by atoms with Gasteiger partial charge in [-0.15, -0.1) is 11.3 Å². The van der Waals surface area contributed by atoms with Crippen molar-refractivity contribution in [3.8, 4) is 10.6 Å². The van der Waals surface area contributed by atoms with Crippen molar-refractivity contribution >= 4 is 33.2 Å². The van der Waals surface area contributed by atoms with Gasteiger partial charge in [-0.1, -0.05) is 28.1 Å². The Morgan fingerprint density at radius 1 is 1.53 bits per heavy atom. The summed E-state index contributed by atoms with van der Waals surface area (Å²) < 4.78 is 0.873. The lowest BCUT2D eigenvalue weighted by Crippen LogP contribution is -2.07. The van der Waals surface area contributed by atoms with Crippen molar-refractivity contribution in [3.63, 3.8) is 0 Å². The molecule has 1 aromatic carbocycles. The average molecular weight is 312 g/mol. The molecule has 1 heterocycles. The highest BCUT2D eigenvalue weighted by Gasteiger charge is 2.15. The summed E-state index contributed by atoms with van der Waals surface area (Å²) in [6, 6.07) is 5.58. The summed E-state index contributed by atoms with van der Waals surface area (Å²) in [4.78, 5) is 15.1. The van der Waals surface area contributed by atoms with Crippen molar-refractivity contribution in [3.05, 3.63) is 39.8 Å². The van der Waals surface area contributed by atoms with E-state index in [1.165, 1.54) is 0 Å². The van der Waals surface area contributed by atoms with E-state index in [0.29, 0.717) is 0 Å². The van der Waals surface area contributed by atoms with Gasteiger partial charge in [0.2, 0.25) is 0 Å². The summed E-state index contributed by atoms with van der Waals surface area (Å²) >= 11 is 5.01. The molecule has 17 heavy (non-hydrogen) atoms. The van der Waals surface area contributed by atoms with Gasteiger partial charge in [0.1, 0.15) is 5.01 Å². The fraction of sp³-hybridized carbons (Fsp3) is 0.167. The number of carbonyl (C=O) groups is 1. The van der Waals surface area contributed by atoms with Crippen molar-refractivity contribution in [2.24, 2.45) is 0 Å². The SMILES string of the molecule is CC(C(=O)O)c1ccc(-c2nccs2)c(Br)c1. The highest BCUT2D eigenvalue weighted by atomic mass is 79.9. The smallest absolute Gasteiger partial charge is 0.310 e. The molecule has 0 fully saturated rings. The number of benzene rings is 1. The Balaban J connectivity index is 2.39. The third-order valence-electron chi connectivity index (χ3n) is 2.53. The van der Waals surface area contributed by atoms with Crippen LogP contribution in [0.4, 0.5) is 0 Å². The highest BCUT2D eigenvalue weighted by Crippen LogP contribution is 2.32. The van der Waals surface area contributed by atoms with Crippen LogP contribution in [0.3, 0.4) is 0 Å². The topological polar surface area (TPSA) is 50.2 Å². The van der Waals surface area contributed by atoms with Gasteiger partial charge in [-0.05, 0) is 18.6 Å². The lowest BCUT2D eigenvalue weighted by molar-refractivity contribution is -0.138. The van der Waals surface area contributed by atoms with Gasteiger partial charge in [-0.25, -0.2) is 4.98 Å². The van der Waals surface area contributed by atoms with Crippen LogP contribution in [0.1, 0.15) is 18.4 Å². The maximum Gasteiger partial charge on any atom is 0.310 e. The van der Waals surface area contributed by atoms with Crippen molar-refractivity contribution in [1.29, 1.82) is 0 Å². The molecule has 88 valence electrons. The van der Waals surface area contributed by atoms with Crippen LogP contribution in [-0.2, 0) is 4.79 Å². The van der Waals surface area contributed by atoms with Crippen LogP contribution in [-0.4, -0.2) is 16.1 Å². The molecule has 3 nitrogen and oxygen atoms in total. The van der Waals surface area contributed by atoms with Gasteiger partial charge in [-0.3, -0.25) is 4.79 Å². The maximum atomic E-state index is 10.9. The number of hydrogen-bond acceptors (Lipinski definition) is 3. The van der Waals surface area contributed by atoms with Crippen LogP contribution in [0.25, 0.3) is 10.6 Å². The van der Waals surface area contributed by atoms with Crippen LogP contribution in [0.5, 0.6) is 0 Å². The predicted molar refractivity (Wildman–Crippen MR) is 71.3 cm³/mol. The molecule has 1 atom stereocenters. The zero-order chi connectivity index (χ0) is 12.4. The number of hydrogen-bond donors (Lipinski definition) is 1. The summed E-state index contributed by atoms with van der Waals surface area (Å²) in [6.45, 7) is 1.67. The number of aromatic nitrogens is 1. The minimum Gasteiger partial charge on any atom is -0.481 e. The van der Waals surface area contributed by atoms with E-state index in [4.69, 9.17) is 5.11 Å². The number of carboxylic acids is 1. The van der Waals surface area contributed by atoms with Crippen molar-refractivity contribution in [1.82, 2.24) is 4.98 Å². The van der Waals surface area contributed by atoms with Crippen LogP contribution in [0.2, 0.25) is 0 Å². The minimum absolute atomic E-state index is 0.503. The highest BCUT2D eigenvalue weighted by molar-refractivity contribution is 9.10. The Bertz CT molecular complexity index is 539. The Hall–Kier alpha value is -1.20. The predicted octanol–water partition coefficient (Wildman–Crippen LogP) is 3.76. The number of halogens is 1. The van der Waals surface area contributed by atoms with Crippen LogP contribution >= 0.6 is 27.3 Å². The zero-order valence-corrected chi connectivity index (χ0v) is 11.5. The van der Waals surface area contributed by atoms with E-state index in [9.17, 15) is 4.79 Å². The number of carboxylic acid groups (broad SMARTS) is 1. The maximum absolute atomic E-state index is 10.9. The number of thiazole rings is 1. The normalized spacial score (nSPS) is 12.4. The van der Waals surface area contributed by atoms with Gasteiger partial charge >= 0.3 is 5.97 Å². The van der Waals surface area contributed by atoms with Crippen LogP contribution in [0, 0.1) is 0 Å². The van der Waals surface area contributed by atoms with Gasteiger partial charge in [0.15, 0.2) is 0 Å².